The molecule has 4 nitrogen and oxygen atoms in total. The van der Waals surface area contributed by atoms with E-state index in [1.54, 1.807) is 0 Å². The lowest BCUT2D eigenvalue weighted by Crippen LogP contribution is -2.45. The molecule has 21 heavy (non-hydrogen) atoms. The first-order valence-electron chi connectivity index (χ1n) is 7.85. The van der Waals surface area contributed by atoms with E-state index in [1.165, 1.54) is 11.1 Å². The largest absolute Gasteiger partial charge is 0.388 e. The van der Waals surface area contributed by atoms with Gasteiger partial charge in [-0.15, -0.1) is 0 Å². The zero-order chi connectivity index (χ0) is 15.3. The Morgan fingerprint density at radius 2 is 2.05 bits per heavy atom. The highest BCUT2D eigenvalue weighted by atomic mass is 16.5. The lowest BCUT2D eigenvalue weighted by Gasteiger charge is -2.36. The molecule has 0 unspecified atom stereocenters. The Kier molecular flexibility index (Phi) is 5.62. The molecule has 1 aliphatic heterocycles. The molecule has 1 saturated heterocycles. The molecule has 0 amide bonds. The summed E-state index contributed by atoms with van der Waals surface area (Å²) in [5.74, 6) is 0. The molecule has 1 aromatic rings. The van der Waals surface area contributed by atoms with E-state index in [2.05, 4.69) is 42.3 Å². The predicted molar refractivity (Wildman–Crippen MR) is 86.8 cm³/mol. The number of benzene rings is 1. The standard InChI is InChI=1S/C17H28N2O2/c1-4-18-12-15-5-6-16(11-14(15)2)19(3)13-17(20)7-9-21-10-8-17/h5-6,11,18,20H,4,7-10,12-13H2,1-3H3. The minimum absolute atomic E-state index is 0.622. The van der Waals surface area contributed by atoms with Crippen molar-refractivity contribution in [3.63, 3.8) is 0 Å². The van der Waals surface area contributed by atoms with E-state index >= 15 is 0 Å². The molecular formula is C17H28N2O2. The monoisotopic (exact) mass is 292 g/mol. The van der Waals surface area contributed by atoms with Gasteiger partial charge in [0.2, 0.25) is 0 Å². The Hall–Kier alpha value is -1.10. The summed E-state index contributed by atoms with van der Waals surface area (Å²) in [6.07, 6.45) is 1.43. The van der Waals surface area contributed by atoms with Gasteiger partial charge >= 0.3 is 0 Å². The summed E-state index contributed by atoms with van der Waals surface area (Å²) in [5.41, 5.74) is 3.16. The molecule has 0 aliphatic carbocycles. The summed E-state index contributed by atoms with van der Waals surface area (Å²) >= 11 is 0. The fourth-order valence-electron chi connectivity index (χ4n) is 2.82. The van der Waals surface area contributed by atoms with Gasteiger partial charge in [0.05, 0.1) is 5.60 Å². The Morgan fingerprint density at radius 1 is 1.33 bits per heavy atom. The number of hydrogen-bond acceptors (Lipinski definition) is 4. The lowest BCUT2D eigenvalue weighted by atomic mass is 9.93. The maximum Gasteiger partial charge on any atom is 0.0865 e. The molecule has 1 aromatic carbocycles. The number of aryl methyl sites for hydroxylation is 1. The summed E-state index contributed by atoms with van der Waals surface area (Å²) in [7, 11) is 2.05. The molecule has 1 aliphatic rings. The fourth-order valence-corrected chi connectivity index (χ4v) is 2.82. The second-order valence-corrected chi connectivity index (χ2v) is 6.08. The molecule has 1 fully saturated rings. The van der Waals surface area contributed by atoms with Crippen LogP contribution in [0.5, 0.6) is 0 Å². The second-order valence-electron chi connectivity index (χ2n) is 6.08. The zero-order valence-electron chi connectivity index (χ0n) is 13.5. The van der Waals surface area contributed by atoms with E-state index in [1.807, 2.05) is 7.05 Å². The van der Waals surface area contributed by atoms with Gasteiger partial charge in [0.25, 0.3) is 0 Å². The minimum atomic E-state index is -0.622. The maximum absolute atomic E-state index is 10.6. The van der Waals surface area contributed by atoms with E-state index < -0.39 is 5.60 Å². The number of nitrogens with zero attached hydrogens (tertiary/aromatic N) is 1. The molecule has 0 saturated carbocycles. The third-order valence-corrected chi connectivity index (χ3v) is 4.29. The van der Waals surface area contributed by atoms with Crippen LogP contribution in [0.1, 0.15) is 30.9 Å². The van der Waals surface area contributed by atoms with Crippen molar-refractivity contribution < 1.29 is 9.84 Å². The number of hydrogen-bond donors (Lipinski definition) is 2. The van der Waals surface area contributed by atoms with Crippen molar-refractivity contribution >= 4 is 5.69 Å². The molecule has 0 atom stereocenters. The number of anilines is 1. The van der Waals surface area contributed by atoms with Crippen LogP contribution in [0.4, 0.5) is 5.69 Å². The first-order valence-corrected chi connectivity index (χ1v) is 7.85. The molecule has 118 valence electrons. The van der Waals surface area contributed by atoms with Crippen molar-refractivity contribution in [2.75, 3.05) is 38.3 Å². The van der Waals surface area contributed by atoms with Crippen LogP contribution < -0.4 is 10.2 Å². The van der Waals surface area contributed by atoms with Crippen LogP contribution in [-0.4, -0.2) is 44.1 Å². The topological polar surface area (TPSA) is 44.7 Å². The molecule has 2 rings (SSSR count). The SMILES string of the molecule is CCNCc1ccc(N(C)CC2(O)CCOCC2)cc1C. The fraction of sp³-hybridized carbons (Fsp3) is 0.647. The second kappa shape index (κ2) is 7.25. The average molecular weight is 292 g/mol. The van der Waals surface area contributed by atoms with E-state index in [4.69, 9.17) is 4.74 Å². The third kappa shape index (κ3) is 4.43. The molecular weight excluding hydrogens is 264 g/mol. The molecule has 0 spiro atoms. The van der Waals surface area contributed by atoms with Crippen molar-refractivity contribution in [1.82, 2.24) is 5.32 Å². The van der Waals surface area contributed by atoms with Crippen LogP contribution in [0.25, 0.3) is 0 Å². The molecule has 0 aromatic heterocycles. The van der Waals surface area contributed by atoms with Crippen molar-refractivity contribution in [2.24, 2.45) is 0 Å². The molecule has 2 N–H and O–H groups in total. The van der Waals surface area contributed by atoms with Gasteiger partial charge in [0.15, 0.2) is 0 Å². The summed E-state index contributed by atoms with van der Waals surface area (Å²) in [6, 6.07) is 6.52. The summed E-state index contributed by atoms with van der Waals surface area (Å²) in [5, 5.41) is 14.0. The lowest BCUT2D eigenvalue weighted by molar-refractivity contribution is -0.0572. The maximum atomic E-state index is 10.6. The van der Waals surface area contributed by atoms with Crippen LogP contribution in [0.2, 0.25) is 0 Å². The minimum Gasteiger partial charge on any atom is -0.388 e. The van der Waals surface area contributed by atoms with Crippen molar-refractivity contribution in [1.29, 1.82) is 0 Å². The Labute approximate surface area is 128 Å². The van der Waals surface area contributed by atoms with Crippen LogP contribution >= 0.6 is 0 Å². The van der Waals surface area contributed by atoms with E-state index in [9.17, 15) is 5.11 Å². The van der Waals surface area contributed by atoms with Crippen molar-refractivity contribution in [2.45, 2.75) is 38.8 Å². The van der Waals surface area contributed by atoms with Gasteiger partial charge in [-0.2, -0.15) is 0 Å². The molecule has 1 heterocycles. The van der Waals surface area contributed by atoms with Gasteiger partial charge in [-0.3, -0.25) is 0 Å². The molecule has 4 heteroatoms. The number of aliphatic hydroxyl groups is 1. The van der Waals surface area contributed by atoms with Crippen molar-refractivity contribution in [3.8, 4) is 0 Å². The number of ether oxygens (including phenoxy) is 1. The smallest absolute Gasteiger partial charge is 0.0865 e. The Morgan fingerprint density at radius 3 is 2.67 bits per heavy atom. The number of rotatable bonds is 6. The third-order valence-electron chi connectivity index (χ3n) is 4.29. The molecule has 0 bridgehead atoms. The number of likely N-dealkylation sites (N-methyl/N-ethyl adjacent to an activating group) is 1. The van der Waals surface area contributed by atoms with Crippen molar-refractivity contribution in [3.05, 3.63) is 29.3 Å². The van der Waals surface area contributed by atoms with Gasteiger partial charge in [0.1, 0.15) is 0 Å². The van der Waals surface area contributed by atoms with Crippen LogP contribution in [0.15, 0.2) is 18.2 Å². The van der Waals surface area contributed by atoms with Gasteiger partial charge in [-0.25, -0.2) is 0 Å². The highest BCUT2D eigenvalue weighted by Gasteiger charge is 2.31. The van der Waals surface area contributed by atoms with Gasteiger partial charge in [-0.1, -0.05) is 13.0 Å². The quantitative estimate of drug-likeness (QED) is 0.842. The zero-order valence-corrected chi connectivity index (χ0v) is 13.5. The van der Waals surface area contributed by atoms with Crippen LogP contribution in [0.3, 0.4) is 0 Å². The Bertz CT molecular complexity index is 456. The summed E-state index contributed by atoms with van der Waals surface area (Å²) in [6.45, 7) is 8.13. The van der Waals surface area contributed by atoms with E-state index in [0.717, 1.165) is 31.6 Å². The van der Waals surface area contributed by atoms with Gasteiger partial charge in [0, 0.05) is 51.9 Å². The van der Waals surface area contributed by atoms with E-state index in [-0.39, 0.29) is 0 Å². The summed E-state index contributed by atoms with van der Waals surface area (Å²) < 4.78 is 5.34. The predicted octanol–water partition coefficient (Wildman–Crippen LogP) is 2.08. The first-order chi connectivity index (χ1) is 10.0. The molecule has 0 radical (unpaired) electrons. The average Bonchev–Trinajstić information content (AvgIpc) is 2.46. The first kappa shape index (κ1) is 16.3. The van der Waals surface area contributed by atoms with Crippen LogP contribution in [-0.2, 0) is 11.3 Å². The van der Waals surface area contributed by atoms with E-state index in [0.29, 0.717) is 19.8 Å². The highest BCUT2D eigenvalue weighted by Crippen LogP contribution is 2.25. The van der Waals surface area contributed by atoms with Gasteiger partial charge in [-0.05, 0) is 36.7 Å². The van der Waals surface area contributed by atoms with Crippen LogP contribution in [0, 0.1) is 6.92 Å². The normalized spacial score (nSPS) is 17.7. The van der Waals surface area contributed by atoms with Gasteiger partial charge < -0.3 is 20.1 Å². The number of nitrogens with one attached hydrogen (secondary N) is 1. The summed E-state index contributed by atoms with van der Waals surface area (Å²) in [4.78, 5) is 2.15. The highest BCUT2D eigenvalue weighted by molar-refractivity contribution is 5.50. The Balaban J connectivity index is 2.01.